The predicted molar refractivity (Wildman–Crippen MR) is 78.8 cm³/mol. The van der Waals surface area contributed by atoms with Crippen LogP contribution < -0.4 is 0 Å². The third kappa shape index (κ3) is 4.01. The Morgan fingerprint density at radius 1 is 0.905 bits per heavy atom. The van der Waals surface area contributed by atoms with Crippen LogP contribution in [0.15, 0.2) is 24.3 Å². The second-order valence-corrected chi connectivity index (χ2v) is 5.63. The molecule has 4 nitrogen and oxygen atoms in total. The molecule has 3 rings (SSSR count). The maximum Gasteiger partial charge on any atom is 0.123 e. The van der Waals surface area contributed by atoms with Crippen LogP contribution in [0.5, 0.6) is 0 Å². The molecule has 1 atom stereocenters. The summed E-state index contributed by atoms with van der Waals surface area (Å²) in [6.07, 6.45) is 0. The monoisotopic (exact) mass is 294 g/mol. The highest BCUT2D eigenvalue weighted by Gasteiger charge is 2.25. The van der Waals surface area contributed by atoms with Crippen molar-refractivity contribution in [2.45, 2.75) is 6.04 Å². The van der Waals surface area contributed by atoms with E-state index in [9.17, 15) is 4.39 Å². The molecule has 0 aliphatic carbocycles. The van der Waals surface area contributed by atoms with Gasteiger partial charge in [-0.2, -0.15) is 0 Å². The highest BCUT2D eigenvalue weighted by molar-refractivity contribution is 5.20. The minimum atomic E-state index is -0.175. The topological polar surface area (TPSA) is 24.9 Å². The minimum Gasteiger partial charge on any atom is -0.379 e. The lowest BCUT2D eigenvalue weighted by molar-refractivity contribution is -0.00987. The summed E-state index contributed by atoms with van der Waals surface area (Å²) in [6.45, 7) is 7.96. The van der Waals surface area contributed by atoms with Crippen molar-refractivity contribution in [3.05, 3.63) is 35.6 Å². The number of morpholine rings is 2. The van der Waals surface area contributed by atoms with Crippen molar-refractivity contribution in [1.82, 2.24) is 9.80 Å². The maximum atomic E-state index is 13.2. The van der Waals surface area contributed by atoms with Crippen molar-refractivity contribution in [3.8, 4) is 0 Å². The minimum absolute atomic E-state index is 0.175. The Labute approximate surface area is 125 Å². The summed E-state index contributed by atoms with van der Waals surface area (Å²) in [5.41, 5.74) is 1.18. The van der Waals surface area contributed by atoms with E-state index in [-0.39, 0.29) is 5.82 Å². The van der Waals surface area contributed by atoms with E-state index in [0.29, 0.717) is 6.04 Å². The molecule has 2 aliphatic heterocycles. The summed E-state index contributed by atoms with van der Waals surface area (Å²) in [5.74, 6) is -0.175. The van der Waals surface area contributed by atoms with E-state index in [2.05, 4.69) is 9.80 Å². The molecule has 116 valence electrons. The number of benzene rings is 1. The van der Waals surface area contributed by atoms with Gasteiger partial charge in [0.05, 0.1) is 26.4 Å². The average molecular weight is 294 g/mol. The van der Waals surface area contributed by atoms with Gasteiger partial charge in [-0.3, -0.25) is 9.80 Å². The number of rotatable bonds is 4. The Hall–Kier alpha value is -1.01. The highest BCUT2D eigenvalue weighted by atomic mass is 19.1. The Bertz CT molecular complexity index is 428. The van der Waals surface area contributed by atoms with Gasteiger partial charge in [0.25, 0.3) is 0 Å². The zero-order valence-electron chi connectivity index (χ0n) is 12.3. The van der Waals surface area contributed by atoms with Gasteiger partial charge in [-0.25, -0.2) is 4.39 Å². The van der Waals surface area contributed by atoms with Gasteiger partial charge >= 0.3 is 0 Å². The number of nitrogens with zero attached hydrogens (tertiary/aromatic N) is 2. The van der Waals surface area contributed by atoms with Crippen molar-refractivity contribution < 1.29 is 13.9 Å². The Balaban J connectivity index is 1.74. The molecule has 21 heavy (non-hydrogen) atoms. The molecule has 0 amide bonds. The zero-order valence-corrected chi connectivity index (χ0v) is 12.3. The van der Waals surface area contributed by atoms with Crippen LogP contribution in [-0.2, 0) is 9.47 Å². The molecular formula is C16H23FN2O2. The highest BCUT2D eigenvalue weighted by Crippen LogP contribution is 2.24. The second kappa shape index (κ2) is 7.31. The first-order valence-corrected chi connectivity index (χ1v) is 7.70. The van der Waals surface area contributed by atoms with E-state index in [1.54, 1.807) is 12.1 Å². The second-order valence-electron chi connectivity index (χ2n) is 5.63. The molecule has 0 N–H and O–H groups in total. The van der Waals surface area contributed by atoms with Gasteiger partial charge in [0.15, 0.2) is 0 Å². The fraction of sp³-hybridized carbons (Fsp3) is 0.625. The van der Waals surface area contributed by atoms with Crippen LogP contribution in [-0.4, -0.2) is 69.0 Å². The summed E-state index contributed by atoms with van der Waals surface area (Å²) in [5, 5.41) is 0. The largest absolute Gasteiger partial charge is 0.379 e. The van der Waals surface area contributed by atoms with Crippen LogP contribution in [0, 0.1) is 5.82 Å². The van der Waals surface area contributed by atoms with Crippen LogP contribution in [0.4, 0.5) is 4.39 Å². The van der Waals surface area contributed by atoms with Crippen molar-refractivity contribution >= 4 is 0 Å². The Morgan fingerprint density at radius 2 is 1.48 bits per heavy atom. The smallest absolute Gasteiger partial charge is 0.123 e. The molecule has 2 aliphatic rings. The van der Waals surface area contributed by atoms with Crippen molar-refractivity contribution in [1.29, 1.82) is 0 Å². The van der Waals surface area contributed by atoms with E-state index in [1.807, 2.05) is 12.1 Å². The SMILES string of the molecule is Fc1ccc([C@H](CN2CCOCC2)N2CCOCC2)cc1. The van der Waals surface area contributed by atoms with Gasteiger partial charge in [-0.15, -0.1) is 0 Å². The van der Waals surface area contributed by atoms with Crippen LogP contribution in [0.1, 0.15) is 11.6 Å². The number of hydrogen-bond acceptors (Lipinski definition) is 4. The quantitative estimate of drug-likeness (QED) is 0.841. The molecule has 2 heterocycles. The fourth-order valence-electron chi connectivity index (χ4n) is 3.03. The van der Waals surface area contributed by atoms with Crippen molar-refractivity contribution in [2.75, 3.05) is 59.2 Å². The third-order valence-electron chi connectivity index (χ3n) is 4.28. The van der Waals surface area contributed by atoms with E-state index < -0.39 is 0 Å². The Morgan fingerprint density at radius 3 is 2.10 bits per heavy atom. The molecule has 0 spiro atoms. The van der Waals surface area contributed by atoms with Crippen molar-refractivity contribution in [2.24, 2.45) is 0 Å². The molecule has 0 aromatic heterocycles. The van der Waals surface area contributed by atoms with Crippen LogP contribution in [0.2, 0.25) is 0 Å². The number of halogens is 1. The van der Waals surface area contributed by atoms with E-state index in [0.717, 1.165) is 59.2 Å². The van der Waals surface area contributed by atoms with Crippen molar-refractivity contribution in [3.63, 3.8) is 0 Å². The van der Waals surface area contributed by atoms with Gasteiger partial charge in [-0.1, -0.05) is 12.1 Å². The first kappa shape index (κ1) is 14.9. The molecular weight excluding hydrogens is 271 g/mol. The van der Waals surface area contributed by atoms with Crippen LogP contribution >= 0.6 is 0 Å². The molecule has 0 unspecified atom stereocenters. The lowest BCUT2D eigenvalue weighted by Crippen LogP contribution is -2.46. The standard InChI is InChI=1S/C16H23FN2O2/c17-15-3-1-14(2-4-15)16(19-7-11-21-12-8-19)13-18-5-9-20-10-6-18/h1-4,16H,5-13H2/t16-/m0/s1. The number of hydrogen-bond donors (Lipinski definition) is 0. The molecule has 0 saturated carbocycles. The number of ether oxygens (including phenoxy) is 2. The van der Waals surface area contributed by atoms with Gasteiger partial charge in [0.2, 0.25) is 0 Å². The zero-order chi connectivity index (χ0) is 14.5. The lowest BCUT2D eigenvalue weighted by Gasteiger charge is -2.38. The van der Waals surface area contributed by atoms with E-state index in [1.165, 1.54) is 5.56 Å². The Kier molecular flexibility index (Phi) is 5.19. The van der Waals surface area contributed by atoms with Gasteiger partial charge in [0.1, 0.15) is 5.82 Å². The van der Waals surface area contributed by atoms with E-state index in [4.69, 9.17) is 9.47 Å². The van der Waals surface area contributed by atoms with E-state index >= 15 is 0 Å². The normalized spacial score (nSPS) is 23.1. The molecule has 2 fully saturated rings. The van der Waals surface area contributed by atoms with Crippen LogP contribution in [0.25, 0.3) is 0 Å². The lowest BCUT2D eigenvalue weighted by atomic mass is 10.0. The van der Waals surface area contributed by atoms with Gasteiger partial charge in [0, 0.05) is 38.8 Å². The summed E-state index contributed by atoms with van der Waals surface area (Å²) in [7, 11) is 0. The first-order valence-electron chi connectivity index (χ1n) is 7.70. The predicted octanol–water partition coefficient (Wildman–Crippen LogP) is 1.53. The first-order chi connectivity index (χ1) is 10.3. The third-order valence-corrected chi connectivity index (χ3v) is 4.28. The summed E-state index contributed by atoms with van der Waals surface area (Å²) in [4.78, 5) is 4.89. The fourth-order valence-corrected chi connectivity index (χ4v) is 3.03. The summed E-state index contributed by atoms with van der Waals surface area (Å²) >= 11 is 0. The molecule has 0 bridgehead atoms. The molecule has 2 saturated heterocycles. The summed E-state index contributed by atoms with van der Waals surface area (Å²) in [6, 6.07) is 7.24. The average Bonchev–Trinajstić information content (AvgIpc) is 2.55. The van der Waals surface area contributed by atoms with Gasteiger partial charge in [-0.05, 0) is 17.7 Å². The molecule has 1 aromatic rings. The molecule has 5 heteroatoms. The van der Waals surface area contributed by atoms with Gasteiger partial charge < -0.3 is 9.47 Å². The molecule has 0 radical (unpaired) electrons. The molecule has 1 aromatic carbocycles. The summed E-state index contributed by atoms with van der Waals surface area (Å²) < 4.78 is 24.1. The maximum absolute atomic E-state index is 13.2. The van der Waals surface area contributed by atoms with Crippen LogP contribution in [0.3, 0.4) is 0 Å².